The molecule has 0 saturated carbocycles. The van der Waals surface area contributed by atoms with Crippen LogP contribution in [-0.4, -0.2) is 25.5 Å². The Bertz CT molecular complexity index is 207. The second kappa shape index (κ2) is 6.16. The number of carbonyl (C=O) groups excluding carboxylic acids is 2. The average molecular weight is 170 g/mol. The number of hydrogen-bond donors (Lipinski definition) is 1. The van der Waals surface area contributed by atoms with Gasteiger partial charge in [-0.1, -0.05) is 0 Å². The van der Waals surface area contributed by atoms with Crippen molar-refractivity contribution in [2.24, 2.45) is 0 Å². The van der Waals surface area contributed by atoms with Crippen molar-refractivity contribution in [3.63, 3.8) is 0 Å². The summed E-state index contributed by atoms with van der Waals surface area (Å²) < 4.78 is 4.32. The first-order valence-corrected chi connectivity index (χ1v) is 3.41. The van der Waals surface area contributed by atoms with Gasteiger partial charge in [0, 0.05) is 6.42 Å². The second-order valence-corrected chi connectivity index (χ2v) is 2.01. The van der Waals surface area contributed by atoms with Crippen molar-refractivity contribution in [1.29, 1.82) is 5.26 Å². The Labute approximate surface area is 70.3 Å². The average Bonchev–Trinajstić information content (AvgIpc) is 2.10. The summed E-state index contributed by atoms with van der Waals surface area (Å²) in [5, 5.41) is 10.4. The third-order valence-corrected chi connectivity index (χ3v) is 1.15. The Hall–Kier alpha value is -1.57. The molecule has 0 unspecified atom stereocenters. The Morgan fingerprint density at radius 3 is 2.67 bits per heavy atom. The van der Waals surface area contributed by atoms with Crippen LogP contribution in [0, 0.1) is 11.3 Å². The molecular formula is C7H10N2O3. The van der Waals surface area contributed by atoms with Crippen LogP contribution < -0.4 is 5.32 Å². The van der Waals surface area contributed by atoms with Gasteiger partial charge in [0.25, 0.3) is 0 Å². The van der Waals surface area contributed by atoms with Crippen LogP contribution in [0.3, 0.4) is 0 Å². The zero-order chi connectivity index (χ0) is 9.40. The van der Waals surface area contributed by atoms with Crippen molar-refractivity contribution in [3.8, 4) is 6.07 Å². The zero-order valence-corrected chi connectivity index (χ0v) is 6.79. The van der Waals surface area contributed by atoms with Gasteiger partial charge >= 0.3 is 5.97 Å². The molecule has 0 bridgehead atoms. The molecule has 12 heavy (non-hydrogen) atoms. The van der Waals surface area contributed by atoms with Crippen molar-refractivity contribution < 1.29 is 14.3 Å². The number of nitriles is 1. The first-order valence-electron chi connectivity index (χ1n) is 3.41. The highest BCUT2D eigenvalue weighted by Gasteiger charge is 2.04. The van der Waals surface area contributed by atoms with E-state index in [0.717, 1.165) is 0 Å². The van der Waals surface area contributed by atoms with E-state index in [1.807, 2.05) is 0 Å². The SMILES string of the molecule is COC(=O)CCC(=O)NCC#N. The normalized spacial score (nSPS) is 8.33. The van der Waals surface area contributed by atoms with Crippen LogP contribution in [0.4, 0.5) is 0 Å². The van der Waals surface area contributed by atoms with E-state index in [1.165, 1.54) is 7.11 Å². The number of hydrogen-bond acceptors (Lipinski definition) is 4. The molecule has 0 aliphatic carbocycles. The highest BCUT2D eigenvalue weighted by Crippen LogP contribution is 1.90. The molecule has 0 spiro atoms. The fourth-order valence-electron chi connectivity index (χ4n) is 0.544. The Morgan fingerprint density at radius 2 is 2.17 bits per heavy atom. The van der Waals surface area contributed by atoms with Crippen LogP contribution in [0.2, 0.25) is 0 Å². The summed E-state index contributed by atoms with van der Waals surface area (Å²) in [6, 6.07) is 1.75. The van der Waals surface area contributed by atoms with Gasteiger partial charge < -0.3 is 10.1 Å². The van der Waals surface area contributed by atoms with Gasteiger partial charge in [-0.25, -0.2) is 0 Å². The minimum absolute atomic E-state index is 0.0278. The van der Waals surface area contributed by atoms with Gasteiger partial charge in [-0.3, -0.25) is 9.59 Å². The van der Waals surface area contributed by atoms with Gasteiger partial charge in [0.05, 0.1) is 19.6 Å². The number of rotatable bonds is 4. The van der Waals surface area contributed by atoms with E-state index < -0.39 is 5.97 Å². The van der Waals surface area contributed by atoms with Gasteiger partial charge in [-0.2, -0.15) is 5.26 Å². The summed E-state index contributed by atoms with van der Waals surface area (Å²) in [7, 11) is 1.26. The number of methoxy groups -OCH3 is 1. The molecule has 1 amide bonds. The van der Waals surface area contributed by atoms with Gasteiger partial charge in [-0.05, 0) is 0 Å². The van der Waals surface area contributed by atoms with E-state index in [2.05, 4.69) is 10.1 Å². The van der Waals surface area contributed by atoms with E-state index >= 15 is 0 Å². The molecule has 5 nitrogen and oxygen atoms in total. The fraction of sp³-hybridized carbons (Fsp3) is 0.571. The summed E-state index contributed by atoms with van der Waals surface area (Å²) in [5.74, 6) is -0.746. The van der Waals surface area contributed by atoms with Crippen molar-refractivity contribution in [2.45, 2.75) is 12.8 Å². The standard InChI is InChI=1S/C7H10N2O3/c1-12-7(11)3-2-6(10)9-5-4-8/h2-3,5H2,1H3,(H,9,10). The Balaban J connectivity index is 3.45. The van der Waals surface area contributed by atoms with Gasteiger partial charge in [0.1, 0.15) is 6.54 Å². The van der Waals surface area contributed by atoms with Crippen LogP contribution in [-0.2, 0) is 14.3 Å². The summed E-state index contributed by atoms with van der Waals surface area (Å²) in [6.45, 7) is -0.0278. The Kier molecular flexibility index (Phi) is 5.35. The predicted molar refractivity (Wildman–Crippen MR) is 39.9 cm³/mol. The number of esters is 1. The molecule has 0 fully saturated rings. The third kappa shape index (κ3) is 5.23. The monoisotopic (exact) mass is 170 g/mol. The minimum Gasteiger partial charge on any atom is -0.469 e. The van der Waals surface area contributed by atoms with E-state index in [9.17, 15) is 9.59 Å². The lowest BCUT2D eigenvalue weighted by atomic mass is 10.3. The lowest BCUT2D eigenvalue weighted by Gasteiger charge is -1.98. The minimum atomic E-state index is -0.429. The highest BCUT2D eigenvalue weighted by atomic mass is 16.5. The number of ether oxygens (including phenoxy) is 1. The summed E-state index contributed by atoms with van der Waals surface area (Å²) in [4.78, 5) is 21.3. The third-order valence-electron chi connectivity index (χ3n) is 1.15. The van der Waals surface area contributed by atoms with Gasteiger partial charge in [0.15, 0.2) is 0 Å². The van der Waals surface area contributed by atoms with Crippen LogP contribution in [0.15, 0.2) is 0 Å². The molecule has 0 saturated heterocycles. The molecular weight excluding hydrogens is 160 g/mol. The summed E-state index contributed by atoms with van der Waals surface area (Å²) in [6.07, 6.45) is 0.113. The Morgan fingerprint density at radius 1 is 1.50 bits per heavy atom. The zero-order valence-electron chi connectivity index (χ0n) is 6.79. The van der Waals surface area contributed by atoms with E-state index in [0.29, 0.717) is 0 Å². The fourth-order valence-corrected chi connectivity index (χ4v) is 0.544. The summed E-state index contributed by atoms with van der Waals surface area (Å²) in [5.41, 5.74) is 0. The molecule has 0 aliphatic rings. The van der Waals surface area contributed by atoms with Crippen LogP contribution >= 0.6 is 0 Å². The van der Waals surface area contributed by atoms with Crippen molar-refractivity contribution >= 4 is 11.9 Å². The second-order valence-electron chi connectivity index (χ2n) is 2.01. The van der Waals surface area contributed by atoms with Crippen LogP contribution in [0.5, 0.6) is 0 Å². The molecule has 0 atom stereocenters. The van der Waals surface area contributed by atoms with Crippen molar-refractivity contribution in [1.82, 2.24) is 5.32 Å². The molecule has 0 aromatic carbocycles. The number of carbonyl (C=O) groups is 2. The largest absolute Gasteiger partial charge is 0.469 e. The maximum absolute atomic E-state index is 10.8. The maximum atomic E-state index is 10.8. The van der Waals surface area contributed by atoms with Gasteiger partial charge in [-0.15, -0.1) is 0 Å². The quantitative estimate of drug-likeness (QED) is 0.459. The molecule has 1 N–H and O–H groups in total. The molecule has 66 valence electrons. The smallest absolute Gasteiger partial charge is 0.306 e. The first kappa shape index (κ1) is 10.4. The lowest BCUT2D eigenvalue weighted by molar-refractivity contribution is -0.142. The topological polar surface area (TPSA) is 79.2 Å². The summed E-state index contributed by atoms with van der Waals surface area (Å²) >= 11 is 0. The van der Waals surface area contributed by atoms with Crippen LogP contribution in [0.25, 0.3) is 0 Å². The molecule has 0 aromatic rings. The molecule has 0 radical (unpaired) electrons. The first-order chi connectivity index (χ1) is 5.70. The van der Waals surface area contributed by atoms with Gasteiger partial charge in [0.2, 0.25) is 5.91 Å². The lowest BCUT2D eigenvalue weighted by Crippen LogP contribution is -2.24. The molecule has 0 aromatic heterocycles. The molecule has 5 heteroatoms. The molecule has 0 aliphatic heterocycles. The number of nitrogens with zero attached hydrogens (tertiary/aromatic N) is 1. The van der Waals surface area contributed by atoms with Crippen molar-refractivity contribution in [3.05, 3.63) is 0 Å². The van der Waals surface area contributed by atoms with E-state index in [4.69, 9.17) is 5.26 Å². The highest BCUT2D eigenvalue weighted by molar-refractivity contribution is 5.81. The molecule has 0 rings (SSSR count). The molecule has 0 heterocycles. The van der Waals surface area contributed by atoms with E-state index in [1.54, 1.807) is 6.07 Å². The number of amides is 1. The number of nitrogens with one attached hydrogen (secondary N) is 1. The maximum Gasteiger partial charge on any atom is 0.306 e. The van der Waals surface area contributed by atoms with Crippen LogP contribution in [0.1, 0.15) is 12.8 Å². The predicted octanol–water partition coefficient (Wildman–Crippen LogP) is -0.421. The van der Waals surface area contributed by atoms with E-state index in [-0.39, 0.29) is 25.3 Å². The van der Waals surface area contributed by atoms with Crippen molar-refractivity contribution in [2.75, 3.05) is 13.7 Å².